The summed E-state index contributed by atoms with van der Waals surface area (Å²) in [4.78, 5) is 33.8. The van der Waals surface area contributed by atoms with Gasteiger partial charge in [0.2, 0.25) is 0 Å². The Morgan fingerprint density at radius 2 is 1.73 bits per heavy atom. The molecule has 1 atom stereocenters. The van der Waals surface area contributed by atoms with Gasteiger partial charge in [-0.1, -0.05) is 12.1 Å². The van der Waals surface area contributed by atoms with Crippen molar-refractivity contribution < 1.29 is 31.8 Å². The molecule has 220 valence electrons. The van der Waals surface area contributed by atoms with Crippen LogP contribution < -0.4 is 10.6 Å². The predicted octanol–water partition coefficient (Wildman–Crippen LogP) is 5.40. The van der Waals surface area contributed by atoms with E-state index in [0.29, 0.717) is 11.3 Å². The third-order valence-corrected chi connectivity index (χ3v) is 8.23. The fourth-order valence-corrected chi connectivity index (χ4v) is 6.40. The van der Waals surface area contributed by atoms with Crippen LogP contribution >= 0.6 is 11.8 Å². The molecule has 1 saturated heterocycles. The zero-order valence-electron chi connectivity index (χ0n) is 23.0. The molecule has 3 aromatic rings. The molecule has 0 bridgehead atoms. The molecule has 13 heteroatoms. The van der Waals surface area contributed by atoms with E-state index in [1.165, 1.54) is 40.5 Å². The van der Waals surface area contributed by atoms with Gasteiger partial charge in [0.15, 0.2) is 0 Å². The van der Waals surface area contributed by atoms with Gasteiger partial charge in [-0.3, -0.25) is 4.57 Å². The standard InChI is InChI=1S/C28H30F4N4O4S/c1-27(2,3)40-26(38)35-11-9-34(10-12-35)24-19-13-20(28(30,31)32)21(16-5-7-17(29)8-6-16)23-22(19)36(25(37)33-24)14-18(39-4)15-41-23/h5-8,13,18H,9-12,14-15H2,1-4H3/t18-/m0/s1. The number of methoxy groups -OCH3 is 1. The van der Waals surface area contributed by atoms with Gasteiger partial charge in [0.05, 0.1) is 23.7 Å². The van der Waals surface area contributed by atoms with Gasteiger partial charge in [-0.15, -0.1) is 11.8 Å². The second kappa shape index (κ2) is 10.8. The minimum Gasteiger partial charge on any atom is -0.444 e. The largest absolute Gasteiger partial charge is 0.444 e. The van der Waals surface area contributed by atoms with Crippen molar-refractivity contribution in [3.63, 3.8) is 0 Å². The lowest BCUT2D eigenvalue weighted by molar-refractivity contribution is -0.137. The van der Waals surface area contributed by atoms with Gasteiger partial charge in [-0.2, -0.15) is 18.2 Å². The van der Waals surface area contributed by atoms with Crippen LogP contribution in [0.25, 0.3) is 22.0 Å². The lowest BCUT2D eigenvalue weighted by Gasteiger charge is -2.36. The smallest absolute Gasteiger partial charge is 0.417 e. The summed E-state index contributed by atoms with van der Waals surface area (Å²) in [5.41, 5.74) is -1.80. The van der Waals surface area contributed by atoms with Gasteiger partial charge in [-0.25, -0.2) is 14.0 Å². The van der Waals surface area contributed by atoms with Crippen LogP contribution in [0.5, 0.6) is 0 Å². The summed E-state index contributed by atoms with van der Waals surface area (Å²) in [6, 6.07) is 5.87. The van der Waals surface area contributed by atoms with Gasteiger partial charge in [0.25, 0.3) is 0 Å². The summed E-state index contributed by atoms with van der Waals surface area (Å²) in [6.07, 6.45) is -5.69. The summed E-state index contributed by atoms with van der Waals surface area (Å²) in [6.45, 7) is 6.38. The van der Waals surface area contributed by atoms with Crippen molar-refractivity contribution in [2.45, 2.75) is 50.1 Å². The van der Waals surface area contributed by atoms with Crippen molar-refractivity contribution >= 4 is 34.6 Å². The predicted molar refractivity (Wildman–Crippen MR) is 148 cm³/mol. The van der Waals surface area contributed by atoms with E-state index in [4.69, 9.17) is 9.47 Å². The number of amides is 1. The second-order valence-electron chi connectivity index (χ2n) is 11.0. The van der Waals surface area contributed by atoms with Crippen molar-refractivity contribution in [1.29, 1.82) is 0 Å². The number of nitrogens with zero attached hydrogens (tertiary/aromatic N) is 4. The summed E-state index contributed by atoms with van der Waals surface area (Å²) in [7, 11) is 1.48. The fourth-order valence-electron chi connectivity index (χ4n) is 5.07. The maximum absolute atomic E-state index is 14.7. The zero-order chi connectivity index (χ0) is 29.7. The first-order valence-corrected chi connectivity index (χ1v) is 14.1. The van der Waals surface area contributed by atoms with Crippen LogP contribution in [0.15, 0.2) is 40.0 Å². The van der Waals surface area contributed by atoms with Crippen molar-refractivity contribution in [1.82, 2.24) is 14.5 Å². The highest BCUT2D eigenvalue weighted by molar-refractivity contribution is 7.99. The van der Waals surface area contributed by atoms with E-state index in [9.17, 15) is 27.2 Å². The van der Waals surface area contributed by atoms with Gasteiger partial charge in [0, 0.05) is 54.9 Å². The zero-order valence-corrected chi connectivity index (χ0v) is 23.9. The number of hydrogen-bond donors (Lipinski definition) is 0. The monoisotopic (exact) mass is 594 g/mol. The average Bonchev–Trinajstić information content (AvgIpc) is 3.10. The van der Waals surface area contributed by atoms with E-state index in [1.54, 1.807) is 25.7 Å². The lowest BCUT2D eigenvalue weighted by atomic mass is 9.96. The lowest BCUT2D eigenvalue weighted by Crippen LogP contribution is -2.50. The highest BCUT2D eigenvalue weighted by atomic mass is 32.2. The molecule has 1 amide bonds. The summed E-state index contributed by atoms with van der Waals surface area (Å²) >= 11 is 1.17. The molecular formula is C28H30F4N4O4S. The highest BCUT2D eigenvalue weighted by Crippen LogP contribution is 2.48. The van der Waals surface area contributed by atoms with Gasteiger partial charge in [0.1, 0.15) is 17.2 Å². The Balaban J connectivity index is 1.68. The number of benzene rings is 2. The number of anilines is 1. The molecule has 0 N–H and O–H groups in total. The summed E-state index contributed by atoms with van der Waals surface area (Å²) < 4.78 is 70.1. The number of hydrogen-bond acceptors (Lipinski definition) is 7. The van der Waals surface area contributed by atoms with Gasteiger partial charge >= 0.3 is 18.0 Å². The Labute approximate surface area is 238 Å². The van der Waals surface area contributed by atoms with E-state index in [2.05, 4.69) is 4.98 Å². The Morgan fingerprint density at radius 3 is 2.32 bits per heavy atom. The Bertz CT molecular complexity index is 1530. The van der Waals surface area contributed by atoms with E-state index < -0.39 is 41.0 Å². The molecule has 2 aliphatic rings. The van der Waals surface area contributed by atoms with Crippen molar-refractivity contribution in [3.05, 3.63) is 52.2 Å². The van der Waals surface area contributed by atoms with Crippen LogP contribution in [0.4, 0.5) is 28.2 Å². The van der Waals surface area contributed by atoms with Gasteiger partial charge < -0.3 is 19.3 Å². The molecule has 0 spiro atoms. The Morgan fingerprint density at radius 1 is 1.07 bits per heavy atom. The number of rotatable bonds is 3. The third-order valence-electron chi connectivity index (χ3n) is 7.00. The van der Waals surface area contributed by atoms with Crippen LogP contribution in [0, 0.1) is 5.82 Å². The molecule has 0 aliphatic carbocycles. The number of piperazine rings is 1. The molecule has 8 nitrogen and oxygen atoms in total. The van der Waals surface area contributed by atoms with E-state index in [-0.39, 0.29) is 60.0 Å². The van der Waals surface area contributed by atoms with Crippen molar-refractivity contribution in [3.8, 4) is 11.1 Å². The molecule has 5 rings (SSSR count). The first kappa shape index (κ1) is 29.2. The second-order valence-corrected chi connectivity index (χ2v) is 12.0. The van der Waals surface area contributed by atoms with Crippen LogP contribution in [0.3, 0.4) is 0 Å². The average molecular weight is 595 g/mol. The molecule has 3 heterocycles. The Hall–Kier alpha value is -3.32. The van der Waals surface area contributed by atoms with Crippen molar-refractivity contribution in [2.75, 3.05) is 43.9 Å². The number of alkyl halides is 3. The Kier molecular flexibility index (Phi) is 7.70. The fraction of sp³-hybridized carbons (Fsp3) is 0.464. The van der Waals surface area contributed by atoms with Gasteiger partial charge in [-0.05, 0) is 44.5 Å². The number of carbonyl (C=O) groups excluding carboxylic acids is 1. The number of halogens is 4. The van der Waals surface area contributed by atoms with Crippen LogP contribution in [0.1, 0.15) is 26.3 Å². The SMILES string of the molecule is CO[C@@H]1CSc2c(-c3ccc(F)cc3)c(C(F)(F)F)cc3c(N4CCN(C(=O)OC(C)(C)C)CC4)nc(=O)n(c23)C1. The van der Waals surface area contributed by atoms with Crippen LogP contribution in [0.2, 0.25) is 0 Å². The molecule has 0 radical (unpaired) electrons. The molecule has 1 aromatic heterocycles. The highest BCUT2D eigenvalue weighted by Gasteiger charge is 2.39. The first-order valence-electron chi connectivity index (χ1n) is 13.1. The van der Waals surface area contributed by atoms with E-state index in [0.717, 1.165) is 18.2 Å². The number of carbonyl (C=O) groups is 1. The topological polar surface area (TPSA) is 76.9 Å². The third kappa shape index (κ3) is 5.87. The quantitative estimate of drug-likeness (QED) is 0.376. The molecule has 1 fully saturated rings. The number of thioether (sulfide) groups is 1. The molecular weight excluding hydrogens is 564 g/mol. The summed E-state index contributed by atoms with van der Waals surface area (Å²) in [5.74, 6) is -0.152. The number of aromatic nitrogens is 2. The molecule has 41 heavy (non-hydrogen) atoms. The summed E-state index contributed by atoms with van der Waals surface area (Å²) in [5, 5.41) is 0.174. The first-order chi connectivity index (χ1) is 19.3. The van der Waals surface area contributed by atoms with Crippen LogP contribution in [-0.2, 0) is 22.2 Å². The van der Waals surface area contributed by atoms with Crippen molar-refractivity contribution in [2.24, 2.45) is 0 Å². The molecule has 2 aliphatic heterocycles. The molecule has 0 unspecified atom stereocenters. The minimum atomic E-state index is -4.75. The molecule has 0 saturated carbocycles. The maximum atomic E-state index is 14.7. The number of ether oxygens (including phenoxy) is 2. The van der Waals surface area contributed by atoms with E-state index in [1.807, 2.05) is 0 Å². The minimum absolute atomic E-state index is 0.111. The van der Waals surface area contributed by atoms with Crippen LogP contribution in [-0.4, -0.2) is 71.3 Å². The maximum Gasteiger partial charge on any atom is 0.417 e. The van der Waals surface area contributed by atoms with E-state index >= 15 is 0 Å². The normalized spacial score (nSPS) is 18.0. The molecule has 2 aromatic carbocycles.